The summed E-state index contributed by atoms with van der Waals surface area (Å²) < 4.78 is 4.69. The Morgan fingerprint density at radius 2 is 1.85 bits per heavy atom. The highest BCUT2D eigenvalue weighted by molar-refractivity contribution is 5.89. The Kier molecular flexibility index (Phi) is 7.64. The number of halogens is 1. The molecule has 0 aliphatic carbocycles. The Morgan fingerprint density at radius 3 is 2.52 bits per heavy atom. The van der Waals surface area contributed by atoms with Crippen molar-refractivity contribution in [3.05, 3.63) is 71.3 Å². The number of rotatable bonds is 4. The zero-order chi connectivity index (χ0) is 18.4. The van der Waals surface area contributed by atoms with Crippen molar-refractivity contribution in [3.63, 3.8) is 0 Å². The quantitative estimate of drug-likeness (QED) is 0.789. The topological polar surface area (TPSA) is 70.7 Å². The van der Waals surface area contributed by atoms with Crippen LogP contribution in [0.2, 0.25) is 0 Å². The minimum atomic E-state index is -0.368. The Morgan fingerprint density at radius 1 is 1.15 bits per heavy atom. The molecule has 0 spiro atoms. The number of carbonyl (C=O) groups excluding carboxylic acids is 2. The second kappa shape index (κ2) is 9.94. The molecular weight excluding hydrogens is 366 g/mol. The summed E-state index contributed by atoms with van der Waals surface area (Å²) in [7, 11) is 1.35. The van der Waals surface area contributed by atoms with Crippen molar-refractivity contribution in [1.82, 2.24) is 15.5 Å². The van der Waals surface area contributed by atoms with E-state index in [4.69, 9.17) is 0 Å². The molecule has 7 heteroatoms. The fourth-order valence-corrected chi connectivity index (χ4v) is 3.08. The van der Waals surface area contributed by atoms with Crippen LogP contribution in [0.15, 0.2) is 54.6 Å². The first kappa shape index (κ1) is 20.7. The Labute approximate surface area is 165 Å². The van der Waals surface area contributed by atoms with E-state index in [1.54, 1.807) is 12.1 Å². The molecule has 1 fully saturated rings. The third-order valence-corrected chi connectivity index (χ3v) is 4.51. The highest BCUT2D eigenvalue weighted by Gasteiger charge is 2.27. The maximum Gasteiger partial charge on any atom is 0.337 e. The van der Waals surface area contributed by atoms with Crippen molar-refractivity contribution in [2.24, 2.45) is 0 Å². The van der Waals surface area contributed by atoms with E-state index in [2.05, 4.69) is 15.4 Å². The molecule has 2 amide bonds. The molecule has 1 atom stereocenters. The van der Waals surface area contributed by atoms with Crippen LogP contribution in [0, 0.1) is 0 Å². The monoisotopic (exact) mass is 389 g/mol. The minimum Gasteiger partial charge on any atom is -0.465 e. The molecule has 0 aromatic heterocycles. The van der Waals surface area contributed by atoms with Crippen molar-refractivity contribution in [1.29, 1.82) is 0 Å². The molecule has 144 valence electrons. The van der Waals surface area contributed by atoms with E-state index >= 15 is 0 Å². The van der Waals surface area contributed by atoms with Crippen molar-refractivity contribution in [2.45, 2.75) is 12.6 Å². The van der Waals surface area contributed by atoms with Crippen LogP contribution in [0.3, 0.4) is 0 Å². The number of hydrogen-bond donors (Lipinski definition) is 2. The van der Waals surface area contributed by atoms with Gasteiger partial charge in [-0.3, -0.25) is 0 Å². The molecule has 0 radical (unpaired) electrons. The fourth-order valence-electron chi connectivity index (χ4n) is 3.08. The maximum absolute atomic E-state index is 12.7. The Balaban J connectivity index is 0.00000261. The van der Waals surface area contributed by atoms with Crippen molar-refractivity contribution < 1.29 is 14.3 Å². The number of methoxy groups -OCH3 is 1. The van der Waals surface area contributed by atoms with Crippen molar-refractivity contribution >= 4 is 24.4 Å². The van der Waals surface area contributed by atoms with Gasteiger partial charge in [0.2, 0.25) is 0 Å². The number of amides is 2. The van der Waals surface area contributed by atoms with Gasteiger partial charge in [-0.2, -0.15) is 0 Å². The standard InChI is InChI=1S/C20H23N3O3.ClH/c1-26-19(24)17-9-7-15(8-10-17)13-22-20(25)23-12-11-21-14-18(23)16-5-3-2-4-6-16;/h2-10,18,21H,11-14H2,1H3,(H,22,25);1H. The van der Waals surface area contributed by atoms with E-state index in [1.165, 1.54) is 7.11 Å². The second-order valence-electron chi connectivity index (χ2n) is 6.17. The molecule has 1 saturated heterocycles. The van der Waals surface area contributed by atoms with E-state index in [9.17, 15) is 9.59 Å². The van der Waals surface area contributed by atoms with Gasteiger partial charge in [0.05, 0.1) is 18.7 Å². The first-order valence-electron chi connectivity index (χ1n) is 8.66. The Hall–Kier alpha value is -2.57. The van der Waals surface area contributed by atoms with Gasteiger partial charge in [0.1, 0.15) is 0 Å². The summed E-state index contributed by atoms with van der Waals surface area (Å²) in [6, 6.07) is 17.0. The molecule has 2 N–H and O–H groups in total. The molecule has 1 heterocycles. The number of ether oxygens (including phenoxy) is 1. The smallest absolute Gasteiger partial charge is 0.337 e. The molecule has 0 bridgehead atoms. The number of nitrogens with one attached hydrogen (secondary N) is 2. The average Bonchev–Trinajstić information content (AvgIpc) is 2.72. The summed E-state index contributed by atoms with van der Waals surface area (Å²) >= 11 is 0. The minimum absolute atomic E-state index is 0. The molecular formula is C20H24ClN3O3. The first-order valence-corrected chi connectivity index (χ1v) is 8.66. The summed E-state index contributed by atoms with van der Waals surface area (Å²) in [6.07, 6.45) is 0. The van der Waals surface area contributed by atoms with E-state index < -0.39 is 0 Å². The van der Waals surface area contributed by atoms with Crippen LogP contribution in [0.25, 0.3) is 0 Å². The van der Waals surface area contributed by atoms with E-state index in [0.717, 1.165) is 24.2 Å². The lowest BCUT2D eigenvalue weighted by atomic mass is 10.0. The van der Waals surface area contributed by atoms with Gasteiger partial charge in [-0.1, -0.05) is 42.5 Å². The summed E-state index contributed by atoms with van der Waals surface area (Å²) in [5, 5.41) is 6.32. The zero-order valence-corrected chi connectivity index (χ0v) is 16.0. The van der Waals surface area contributed by atoms with Gasteiger partial charge in [-0.05, 0) is 23.3 Å². The lowest BCUT2D eigenvalue weighted by Gasteiger charge is -2.36. The number of benzene rings is 2. The van der Waals surface area contributed by atoms with Gasteiger partial charge in [0.15, 0.2) is 0 Å². The predicted molar refractivity (Wildman–Crippen MR) is 106 cm³/mol. The van der Waals surface area contributed by atoms with Crippen LogP contribution in [0.4, 0.5) is 4.79 Å². The van der Waals surface area contributed by atoms with Crippen LogP contribution in [-0.4, -0.2) is 43.6 Å². The van der Waals surface area contributed by atoms with Crippen molar-refractivity contribution in [2.75, 3.05) is 26.7 Å². The molecule has 27 heavy (non-hydrogen) atoms. The second-order valence-corrected chi connectivity index (χ2v) is 6.17. The zero-order valence-electron chi connectivity index (χ0n) is 15.2. The lowest BCUT2D eigenvalue weighted by Crippen LogP contribution is -2.51. The summed E-state index contributed by atoms with van der Waals surface area (Å²) in [6.45, 7) is 2.59. The molecule has 0 saturated carbocycles. The Bertz CT molecular complexity index is 753. The molecule has 1 unspecified atom stereocenters. The largest absolute Gasteiger partial charge is 0.465 e. The molecule has 3 rings (SSSR count). The number of urea groups is 1. The molecule has 6 nitrogen and oxygen atoms in total. The lowest BCUT2D eigenvalue weighted by molar-refractivity contribution is 0.0600. The summed E-state index contributed by atoms with van der Waals surface area (Å²) in [4.78, 5) is 26.0. The molecule has 2 aromatic rings. The number of hydrogen-bond acceptors (Lipinski definition) is 4. The molecule has 1 aliphatic rings. The van der Waals surface area contributed by atoms with Gasteiger partial charge in [-0.15, -0.1) is 12.4 Å². The van der Waals surface area contributed by atoms with Crippen LogP contribution >= 0.6 is 12.4 Å². The van der Waals surface area contributed by atoms with Crippen LogP contribution in [-0.2, 0) is 11.3 Å². The van der Waals surface area contributed by atoms with Gasteiger partial charge < -0.3 is 20.3 Å². The maximum atomic E-state index is 12.7. The number of piperazine rings is 1. The summed E-state index contributed by atoms with van der Waals surface area (Å²) in [5.74, 6) is -0.368. The first-order chi connectivity index (χ1) is 12.7. The van der Waals surface area contributed by atoms with Crippen LogP contribution in [0.5, 0.6) is 0 Å². The van der Waals surface area contributed by atoms with Gasteiger partial charge in [0.25, 0.3) is 0 Å². The van der Waals surface area contributed by atoms with Gasteiger partial charge in [0, 0.05) is 26.2 Å². The average molecular weight is 390 g/mol. The van der Waals surface area contributed by atoms with Gasteiger partial charge >= 0.3 is 12.0 Å². The fraction of sp³-hybridized carbons (Fsp3) is 0.300. The van der Waals surface area contributed by atoms with Gasteiger partial charge in [-0.25, -0.2) is 9.59 Å². The van der Waals surface area contributed by atoms with E-state index in [0.29, 0.717) is 18.7 Å². The van der Waals surface area contributed by atoms with E-state index in [-0.39, 0.29) is 30.4 Å². The highest BCUT2D eigenvalue weighted by atomic mass is 35.5. The normalized spacial score (nSPS) is 16.2. The number of carbonyl (C=O) groups is 2. The third kappa shape index (κ3) is 5.21. The molecule has 1 aliphatic heterocycles. The van der Waals surface area contributed by atoms with Crippen LogP contribution < -0.4 is 10.6 Å². The number of esters is 1. The SMILES string of the molecule is COC(=O)c1ccc(CNC(=O)N2CCNCC2c2ccccc2)cc1.Cl. The van der Waals surface area contributed by atoms with Crippen LogP contribution in [0.1, 0.15) is 27.5 Å². The predicted octanol–water partition coefficient (Wildman–Crippen LogP) is 2.75. The van der Waals surface area contributed by atoms with E-state index in [1.807, 2.05) is 47.4 Å². The molecule has 2 aromatic carbocycles. The highest BCUT2D eigenvalue weighted by Crippen LogP contribution is 2.22. The van der Waals surface area contributed by atoms with Crippen molar-refractivity contribution in [3.8, 4) is 0 Å². The third-order valence-electron chi connectivity index (χ3n) is 4.51. The number of nitrogens with zero attached hydrogens (tertiary/aromatic N) is 1. The summed E-state index contributed by atoms with van der Waals surface area (Å²) in [5.41, 5.74) is 2.54.